The van der Waals surface area contributed by atoms with Gasteiger partial charge < -0.3 is 96.5 Å². The smallest absolute Gasteiger partial charge is 0.246 e. The Morgan fingerprint density at radius 2 is 0.771 bits per heavy atom. The number of fused-ring (bicyclic) bond motifs is 2. The second kappa shape index (κ2) is 53.4. The lowest BCUT2D eigenvalue weighted by molar-refractivity contribution is -0.143. The summed E-state index contributed by atoms with van der Waals surface area (Å²) in [5.74, 6) is -11.0. The highest BCUT2D eigenvalue weighted by Gasteiger charge is 2.44. The number of primary amides is 1. The lowest BCUT2D eigenvalue weighted by Gasteiger charge is -2.32. The average Bonchev–Trinajstić information content (AvgIpc) is 1.60. The van der Waals surface area contributed by atoms with Crippen LogP contribution >= 0.6 is 0 Å². The molecule has 0 radical (unpaired) electrons. The average molecular weight is 1650 g/mol. The Bertz CT molecular complexity index is 3510. The molecule has 0 saturated carbocycles. The minimum Gasteiger partial charge on any atom is -0.368 e. The molecule has 0 aliphatic carbocycles. The molecule has 3 saturated heterocycles. The van der Waals surface area contributed by atoms with Crippen molar-refractivity contribution in [3.8, 4) is 0 Å². The summed E-state index contributed by atoms with van der Waals surface area (Å²) in [5, 5.41) is 34.8. The van der Waals surface area contributed by atoms with Gasteiger partial charge in [0.1, 0.15) is 72.5 Å². The van der Waals surface area contributed by atoms with E-state index in [4.69, 9.17) is 22.9 Å². The van der Waals surface area contributed by atoms with E-state index in [0.717, 1.165) is 32.1 Å². The summed E-state index contributed by atoms with van der Waals surface area (Å²) in [5.41, 5.74) is 25.2. The number of carbonyl (C=O) groups is 14. The molecular weight excluding hydrogens is 1510 g/mol. The molecular formula is C86H142N18O14. The van der Waals surface area contributed by atoms with Gasteiger partial charge in [0, 0.05) is 38.9 Å². The number of nitrogens with two attached hydrogens (primary N) is 4. The number of nitrogens with one attached hydrogen (secondary N) is 12. The van der Waals surface area contributed by atoms with Crippen molar-refractivity contribution in [1.29, 1.82) is 0 Å². The van der Waals surface area contributed by atoms with Gasteiger partial charge in [-0.25, -0.2) is 0 Å². The maximum Gasteiger partial charge on any atom is 0.246 e. The molecule has 13 atom stereocenters. The van der Waals surface area contributed by atoms with E-state index in [-0.39, 0.29) is 140 Å². The Morgan fingerprint density at radius 1 is 0.407 bits per heavy atom. The van der Waals surface area contributed by atoms with E-state index < -0.39 is 167 Å². The first-order valence-corrected chi connectivity index (χ1v) is 43.5. The van der Waals surface area contributed by atoms with E-state index in [1.165, 1.54) is 9.80 Å². The molecule has 2 aromatic carbocycles. The van der Waals surface area contributed by atoms with Crippen molar-refractivity contribution in [2.75, 3.05) is 45.8 Å². The van der Waals surface area contributed by atoms with Crippen molar-refractivity contribution in [2.24, 2.45) is 46.6 Å². The second-order valence-corrected chi connectivity index (χ2v) is 33.5. The van der Waals surface area contributed by atoms with Crippen LogP contribution in [0.5, 0.6) is 0 Å². The molecule has 20 N–H and O–H groups in total. The summed E-state index contributed by atoms with van der Waals surface area (Å²) >= 11 is 0. The molecule has 118 heavy (non-hydrogen) atoms. The number of benzene rings is 2. The number of unbranched alkanes of at least 4 members (excludes halogenated alkanes) is 7. The van der Waals surface area contributed by atoms with Crippen molar-refractivity contribution in [1.82, 2.24) is 73.6 Å². The standard InChI is InChI=1S/C86H142N18O14/c1-10-11-12-13-20-42-71(105)92-47-26-22-35-60(74(90)106)91-46-25-23-37-62-78(110)102-73(57(8)9)84(116)96-64(39-28-45-89)76(108)98-65(50-54(2)3)79(111)99-67(52-58-31-16-14-17-32-58)85(117)103-48-29-40-69(103)81(113)93-61(36-21-24-43-87)77(109)101-72(56(6)7)83(115)95-63(38-27-44-88)75(107)97-66(51-55(4)5)80(112)100-68(53-59-33-18-15-19-34-59)86(118)104-49-30-41-70(104)82(114)94-62/h14-19,31-34,54-57,60-70,72-73,91H,10-13,20-30,35-53,87-89H2,1-9H3,(H2,90,106)(H,92,105)(H,93,113)(H,94,114)(H,95,115)(H,96,116)(H,97,107)(H,98,108)(H,99,111)(H,100,112)(H,101,109)(H,102,110)/t60-,61+,62+,63-,64-,65-,66-,67+,68+,69-,70-,72-,73-/m0/s1. The first-order chi connectivity index (χ1) is 56.4. The van der Waals surface area contributed by atoms with Gasteiger partial charge in [-0.1, -0.05) is 149 Å². The fourth-order valence-corrected chi connectivity index (χ4v) is 15.2. The summed E-state index contributed by atoms with van der Waals surface area (Å²) in [6, 6.07) is 1.59. The predicted molar refractivity (Wildman–Crippen MR) is 452 cm³/mol. The van der Waals surface area contributed by atoms with Gasteiger partial charge in [-0.3, -0.25) is 67.1 Å². The fourth-order valence-electron chi connectivity index (χ4n) is 15.2. The van der Waals surface area contributed by atoms with Gasteiger partial charge in [0.15, 0.2) is 0 Å². The van der Waals surface area contributed by atoms with Crippen LogP contribution in [0.25, 0.3) is 0 Å². The van der Waals surface area contributed by atoms with Crippen LogP contribution in [0.1, 0.15) is 234 Å². The maximum absolute atomic E-state index is 15.4. The molecule has 2 aromatic rings. The Morgan fingerprint density at radius 3 is 1.17 bits per heavy atom. The zero-order chi connectivity index (χ0) is 86.8. The highest BCUT2D eigenvalue weighted by molar-refractivity contribution is 6.01. The molecule has 0 unspecified atom stereocenters. The third-order valence-corrected chi connectivity index (χ3v) is 21.9. The van der Waals surface area contributed by atoms with Crippen LogP contribution in [-0.4, -0.2) is 217 Å². The summed E-state index contributed by atoms with van der Waals surface area (Å²) in [6.07, 6.45) is 10.2. The SMILES string of the molecule is CCCCCCCC(=O)NCCCC[C@H](NCCCC[C@H]1NC(=O)[C@@H]2CCCN2C(=O)[C@@H](Cc2ccccc2)NC(=O)[C@H](CC(C)C)NC(=O)[C@H](CCCN)NC(=O)[C@H](C(C)C)NC(=O)[C@@H](CCCCN)NC(=O)[C@@H]2CCCN2C(=O)[C@@H](Cc2ccccc2)NC(=O)[C@H](CC(C)C)NC(=O)[C@H](CCCN)NC(=O)[C@H](C(C)C)NC1=O)C(N)=O. The van der Waals surface area contributed by atoms with Crippen LogP contribution in [0.4, 0.5) is 0 Å². The van der Waals surface area contributed by atoms with Crippen molar-refractivity contribution < 1.29 is 67.1 Å². The monoisotopic (exact) mass is 1650 g/mol. The summed E-state index contributed by atoms with van der Waals surface area (Å²) in [6.45, 7) is 17.6. The van der Waals surface area contributed by atoms with Crippen LogP contribution in [0.15, 0.2) is 60.7 Å². The first-order valence-electron chi connectivity index (χ1n) is 43.5. The number of nitrogens with zero attached hydrogens (tertiary/aromatic N) is 2. The van der Waals surface area contributed by atoms with E-state index in [1.54, 1.807) is 88.4 Å². The molecule has 14 amide bonds. The molecule has 0 aromatic heterocycles. The molecule has 5 rings (SSSR count). The topological polar surface area (TPSA) is 494 Å². The summed E-state index contributed by atoms with van der Waals surface area (Å²) in [4.78, 5) is 208. The fraction of sp³-hybridized carbons (Fsp3) is 0.698. The first kappa shape index (κ1) is 99.4. The Balaban J connectivity index is 1.58. The Hall–Kier alpha value is -9.14. The quantitative estimate of drug-likeness (QED) is 0.0430. The third-order valence-electron chi connectivity index (χ3n) is 21.9. The van der Waals surface area contributed by atoms with Crippen LogP contribution in [-0.2, 0) is 80.0 Å². The highest BCUT2D eigenvalue weighted by Crippen LogP contribution is 2.25. The number of rotatable bonds is 38. The summed E-state index contributed by atoms with van der Waals surface area (Å²) in [7, 11) is 0. The second-order valence-electron chi connectivity index (χ2n) is 33.5. The molecule has 3 aliphatic rings. The number of carbonyl (C=O) groups excluding carboxylic acids is 14. The lowest BCUT2D eigenvalue weighted by atomic mass is 9.99. The van der Waals surface area contributed by atoms with Gasteiger partial charge in [0.05, 0.1) is 6.04 Å². The Kier molecular flexibility index (Phi) is 45.0. The van der Waals surface area contributed by atoms with Gasteiger partial charge >= 0.3 is 0 Å². The van der Waals surface area contributed by atoms with Crippen LogP contribution in [0.3, 0.4) is 0 Å². The molecule has 32 nitrogen and oxygen atoms in total. The van der Waals surface area contributed by atoms with Crippen molar-refractivity contribution >= 4 is 82.7 Å². The maximum atomic E-state index is 15.4. The summed E-state index contributed by atoms with van der Waals surface area (Å²) < 4.78 is 0. The zero-order valence-electron chi connectivity index (χ0n) is 71.5. The predicted octanol–water partition coefficient (Wildman–Crippen LogP) is 2.59. The number of amides is 14. The molecule has 0 bridgehead atoms. The van der Waals surface area contributed by atoms with Gasteiger partial charge in [-0.2, -0.15) is 0 Å². The zero-order valence-corrected chi connectivity index (χ0v) is 71.5. The lowest BCUT2D eigenvalue weighted by Crippen LogP contribution is -2.62. The number of hydrogen-bond donors (Lipinski definition) is 16. The molecule has 3 fully saturated rings. The van der Waals surface area contributed by atoms with Crippen molar-refractivity contribution in [2.45, 2.75) is 314 Å². The normalized spacial score (nSPS) is 24.1. The molecule has 3 heterocycles. The minimum absolute atomic E-state index is 0.000592. The van der Waals surface area contributed by atoms with Crippen LogP contribution in [0.2, 0.25) is 0 Å². The van der Waals surface area contributed by atoms with Crippen LogP contribution < -0.4 is 86.7 Å². The third kappa shape index (κ3) is 34.3. The van der Waals surface area contributed by atoms with Gasteiger partial charge in [-0.05, 0) is 189 Å². The highest BCUT2D eigenvalue weighted by atomic mass is 16.2. The molecule has 660 valence electrons. The largest absolute Gasteiger partial charge is 0.368 e. The molecule has 3 aliphatic heterocycles. The Labute approximate surface area is 698 Å². The van der Waals surface area contributed by atoms with E-state index in [9.17, 15) is 38.4 Å². The van der Waals surface area contributed by atoms with E-state index in [1.807, 2.05) is 27.7 Å². The van der Waals surface area contributed by atoms with Gasteiger partial charge in [-0.15, -0.1) is 0 Å². The van der Waals surface area contributed by atoms with Crippen molar-refractivity contribution in [3.05, 3.63) is 71.8 Å². The van der Waals surface area contributed by atoms with Crippen LogP contribution in [0, 0.1) is 23.7 Å². The van der Waals surface area contributed by atoms with E-state index in [0.29, 0.717) is 75.5 Å². The molecule has 0 spiro atoms. The molecule has 32 heteroatoms. The van der Waals surface area contributed by atoms with E-state index >= 15 is 28.8 Å². The number of hydrogen-bond acceptors (Lipinski definition) is 18. The van der Waals surface area contributed by atoms with Crippen molar-refractivity contribution in [3.63, 3.8) is 0 Å². The van der Waals surface area contributed by atoms with E-state index in [2.05, 4.69) is 70.7 Å². The van der Waals surface area contributed by atoms with Gasteiger partial charge in [0.2, 0.25) is 82.7 Å². The van der Waals surface area contributed by atoms with Gasteiger partial charge in [0.25, 0.3) is 0 Å². The minimum atomic E-state index is -1.36.